The third-order valence-electron chi connectivity index (χ3n) is 2.77. The molecule has 0 N–H and O–H groups in total. The van der Waals surface area contributed by atoms with Crippen molar-refractivity contribution in [3.05, 3.63) is 35.4 Å². The first kappa shape index (κ1) is 10.4. The Kier molecular flexibility index (Phi) is 3.44. The third-order valence-corrected chi connectivity index (χ3v) is 3.75. The van der Waals surface area contributed by atoms with Crippen molar-refractivity contribution < 1.29 is 4.74 Å². The Hall–Kier alpha value is -0.0900. The van der Waals surface area contributed by atoms with Gasteiger partial charge in [-0.05, 0) is 18.9 Å². The van der Waals surface area contributed by atoms with E-state index in [-0.39, 0.29) is 0 Å². The molecule has 0 spiro atoms. The van der Waals surface area contributed by atoms with Gasteiger partial charge in [0.15, 0.2) is 0 Å². The molecule has 0 aliphatic carbocycles. The fourth-order valence-corrected chi connectivity index (χ4v) is 2.58. The molecule has 1 nitrogen and oxygen atoms in total. The van der Waals surface area contributed by atoms with Crippen molar-refractivity contribution in [1.29, 1.82) is 0 Å². The fourth-order valence-electron chi connectivity index (χ4n) is 1.97. The van der Waals surface area contributed by atoms with Crippen molar-refractivity contribution in [3.63, 3.8) is 0 Å². The lowest BCUT2D eigenvalue weighted by molar-refractivity contribution is 0.129. The van der Waals surface area contributed by atoms with E-state index in [0.29, 0.717) is 12.0 Å². The number of benzene rings is 1. The van der Waals surface area contributed by atoms with E-state index in [2.05, 4.69) is 53.8 Å². The van der Waals surface area contributed by atoms with Gasteiger partial charge >= 0.3 is 0 Å². The molecule has 0 bridgehead atoms. The monoisotopic (exact) mass is 302 g/mol. The number of alkyl halides is 1. The van der Waals surface area contributed by atoms with Gasteiger partial charge < -0.3 is 4.74 Å². The third kappa shape index (κ3) is 2.28. The summed E-state index contributed by atoms with van der Waals surface area (Å²) in [5.74, 6) is 0.620. The van der Waals surface area contributed by atoms with Gasteiger partial charge in [-0.15, -0.1) is 0 Å². The summed E-state index contributed by atoms with van der Waals surface area (Å²) in [6, 6.07) is 8.79. The van der Waals surface area contributed by atoms with E-state index < -0.39 is 0 Å². The Morgan fingerprint density at radius 1 is 1.50 bits per heavy atom. The maximum Gasteiger partial charge on any atom is 0.0671 e. The van der Waals surface area contributed by atoms with Crippen LogP contribution in [0.25, 0.3) is 0 Å². The molecule has 1 aromatic carbocycles. The first-order valence-electron chi connectivity index (χ1n) is 5.03. The van der Waals surface area contributed by atoms with Gasteiger partial charge in [-0.25, -0.2) is 0 Å². The normalized spacial score (nSPS) is 26.7. The van der Waals surface area contributed by atoms with Crippen LogP contribution in [0.2, 0.25) is 0 Å². The van der Waals surface area contributed by atoms with Crippen LogP contribution in [0.4, 0.5) is 0 Å². The quantitative estimate of drug-likeness (QED) is 0.601. The first-order chi connectivity index (χ1) is 6.79. The van der Waals surface area contributed by atoms with Crippen LogP contribution in [0, 0.1) is 6.92 Å². The second-order valence-corrected chi connectivity index (χ2v) is 4.84. The zero-order chi connectivity index (χ0) is 9.97. The van der Waals surface area contributed by atoms with E-state index in [9.17, 15) is 0 Å². The predicted molar refractivity (Wildman–Crippen MR) is 67.2 cm³/mol. The average molecular weight is 302 g/mol. The van der Waals surface area contributed by atoms with Crippen LogP contribution in [0.5, 0.6) is 0 Å². The van der Waals surface area contributed by atoms with Gasteiger partial charge in [0.25, 0.3) is 0 Å². The van der Waals surface area contributed by atoms with Gasteiger partial charge in [0.1, 0.15) is 0 Å². The lowest BCUT2D eigenvalue weighted by Gasteiger charge is -2.08. The minimum absolute atomic E-state index is 0.473. The van der Waals surface area contributed by atoms with Gasteiger partial charge in [0, 0.05) is 10.3 Å². The van der Waals surface area contributed by atoms with Crippen LogP contribution < -0.4 is 0 Å². The molecular weight excluding hydrogens is 287 g/mol. The van der Waals surface area contributed by atoms with E-state index >= 15 is 0 Å². The fraction of sp³-hybridized carbons (Fsp3) is 0.500. The number of hydrogen-bond donors (Lipinski definition) is 0. The van der Waals surface area contributed by atoms with Crippen LogP contribution in [0.3, 0.4) is 0 Å². The van der Waals surface area contributed by atoms with E-state index in [1.54, 1.807) is 0 Å². The average Bonchev–Trinajstić information content (AvgIpc) is 2.66. The van der Waals surface area contributed by atoms with Crippen LogP contribution in [-0.2, 0) is 4.74 Å². The molecule has 0 amide bonds. The van der Waals surface area contributed by atoms with E-state index in [1.807, 2.05) is 0 Å². The highest BCUT2D eigenvalue weighted by atomic mass is 127. The minimum atomic E-state index is 0.473. The Bertz CT molecular complexity index is 311. The number of ether oxygens (including phenoxy) is 1. The first-order valence-corrected chi connectivity index (χ1v) is 6.56. The van der Waals surface area contributed by atoms with Crippen molar-refractivity contribution in [2.45, 2.75) is 25.4 Å². The molecule has 0 aromatic heterocycles. The molecule has 2 heteroatoms. The van der Waals surface area contributed by atoms with Gasteiger partial charge in [-0.2, -0.15) is 0 Å². The van der Waals surface area contributed by atoms with Crippen LogP contribution >= 0.6 is 22.6 Å². The Morgan fingerprint density at radius 2 is 2.36 bits per heavy atom. The number of rotatable bonds is 2. The molecule has 0 radical (unpaired) electrons. The van der Waals surface area contributed by atoms with Crippen molar-refractivity contribution in [2.24, 2.45) is 0 Å². The zero-order valence-electron chi connectivity index (χ0n) is 8.37. The van der Waals surface area contributed by atoms with Crippen LogP contribution in [-0.4, -0.2) is 17.1 Å². The Labute approximate surface area is 99.0 Å². The van der Waals surface area contributed by atoms with Gasteiger partial charge in [0.05, 0.1) is 12.7 Å². The van der Waals surface area contributed by atoms with Crippen LogP contribution in [0.1, 0.15) is 23.5 Å². The molecule has 2 unspecified atom stereocenters. The van der Waals surface area contributed by atoms with Gasteiger partial charge in [0.2, 0.25) is 0 Å². The molecular formula is C12H15IO. The topological polar surface area (TPSA) is 9.23 Å². The van der Waals surface area contributed by atoms with Crippen LogP contribution in [0.15, 0.2) is 24.3 Å². The van der Waals surface area contributed by atoms with Crippen molar-refractivity contribution in [1.82, 2.24) is 0 Å². The maximum absolute atomic E-state index is 5.70. The van der Waals surface area contributed by atoms with Crippen molar-refractivity contribution in [2.75, 3.05) is 11.0 Å². The maximum atomic E-state index is 5.70. The summed E-state index contributed by atoms with van der Waals surface area (Å²) < 4.78 is 6.81. The molecule has 1 aliphatic rings. The molecule has 0 saturated carbocycles. The number of aryl methyl sites for hydroxylation is 1. The molecule has 1 aromatic rings. The SMILES string of the molecule is Cc1cccc(C2COC(CI)C2)c1. The van der Waals surface area contributed by atoms with Crippen molar-refractivity contribution in [3.8, 4) is 0 Å². The predicted octanol–water partition coefficient (Wildman–Crippen LogP) is 3.30. The van der Waals surface area contributed by atoms with Crippen molar-refractivity contribution >= 4 is 22.6 Å². The molecule has 2 atom stereocenters. The molecule has 76 valence electrons. The highest BCUT2D eigenvalue weighted by molar-refractivity contribution is 14.1. The molecule has 1 aliphatic heterocycles. The lowest BCUT2D eigenvalue weighted by atomic mass is 9.95. The van der Waals surface area contributed by atoms with E-state index in [0.717, 1.165) is 11.0 Å². The molecule has 1 heterocycles. The summed E-state index contributed by atoms with van der Waals surface area (Å²) in [6.07, 6.45) is 1.66. The van der Waals surface area contributed by atoms with E-state index in [4.69, 9.17) is 4.74 Å². The molecule has 1 fully saturated rings. The Morgan fingerprint density at radius 3 is 3.00 bits per heavy atom. The summed E-state index contributed by atoms with van der Waals surface area (Å²) in [5, 5.41) is 0. The highest BCUT2D eigenvalue weighted by Gasteiger charge is 2.25. The molecule has 1 saturated heterocycles. The number of hydrogen-bond acceptors (Lipinski definition) is 1. The van der Waals surface area contributed by atoms with Gasteiger partial charge in [-0.1, -0.05) is 52.4 Å². The summed E-state index contributed by atoms with van der Waals surface area (Å²) in [5.41, 5.74) is 2.79. The lowest BCUT2D eigenvalue weighted by Crippen LogP contribution is -2.05. The minimum Gasteiger partial charge on any atom is -0.377 e. The summed E-state index contributed by atoms with van der Waals surface area (Å²) in [7, 11) is 0. The summed E-state index contributed by atoms with van der Waals surface area (Å²) in [6.45, 7) is 3.05. The number of halogens is 1. The molecule has 14 heavy (non-hydrogen) atoms. The summed E-state index contributed by atoms with van der Waals surface area (Å²) >= 11 is 2.40. The molecule has 2 rings (SSSR count). The second kappa shape index (κ2) is 4.62. The largest absolute Gasteiger partial charge is 0.377 e. The van der Waals surface area contributed by atoms with Gasteiger partial charge in [-0.3, -0.25) is 0 Å². The smallest absolute Gasteiger partial charge is 0.0671 e. The standard InChI is InChI=1S/C12H15IO/c1-9-3-2-4-10(5-9)11-6-12(7-13)14-8-11/h2-5,11-12H,6-8H2,1H3. The van der Waals surface area contributed by atoms with E-state index in [1.165, 1.54) is 17.5 Å². The second-order valence-electron chi connectivity index (χ2n) is 3.96. The summed E-state index contributed by atoms with van der Waals surface area (Å²) in [4.78, 5) is 0. The zero-order valence-corrected chi connectivity index (χ0v) is 10.5. The highest BCUT2D eigenvalue weighted by Crippen LogP contribution is 2.30. The Balaban J connectivity index is 2.09.